The van der Waals surface area contributed by atoms with Crippen molar-refractivity contribution in [2.24, 2.45) is 0 Å². The number of carbonyl (C=O) groups is 1. The lowest BCUT2D eigenvalue weighted by atomic mass is 10.1. The molecule has 0 spiro atoms. The second kappa shape index (κ2) is 7.27. The van der Waals surface area contributed by atoms with E-state index in [-0.39, 0.29) is 16.5 Å². The Labute approximate surface area is 164 Å². The minimum atomic E-state index is -4.53. The van der Waals surface area contributed by atoms with E-state index < -0.39 is 17.6 Å². The first-order chi connectivity index (χ1) is 13.1. The summed E-state index contributed by atoms with van der Waals surface area (Å²) in [6, 6.07) is 7.82. The minimum absolute atomic E-state index is 0.0126. The average Bonchev–Trinajstić information content (AvgIpc) is 2.94. The van der Waals surface area contributed by atoms with Gasteiger partial charge in [0, 0.05) is 11.8 Å². The third-order valence-electron chi connectivity index (χ3n) is 4.04. The van der Waals surface area contributed by atoms with Gasteiger partial charge in [-0.1, -0.05) is 11.6 Å². The Morgan fingerprint density at radius 3 is 2.43 bits per heavy atom. The van der Waals surface area contributed by atoms with Crippen molar-refractivity contribution < 1.29 is 18.0 Å². The van der Waals surface area contributed by atoms with Crippen LogP contribution < -0.4 is 5.32 Å². The summed E-state index contributed by atoms with van der Waals surface area (Å²) >= 11 is 6.11. The third-order valence-corrected chi connectivity index (χ3v) is 4.36. The molecule has 2 aromatic heterocycles. The van der Waals surface area contributed by atoms with E-state index in [0.29, 0.717) is 17.0 Å². The van der Waals surface area contributed by atoms with E-state index in [0.717, 1.165) is 23.9 Å². The van der Waals surface area contributed by atoms with Gasteiger partial charge in [0.05, 0.1) is 33.2 Å². The molecule has 1 aromatic carbocycles. The molecule has 1 N–H and O–H groups in total. The van der Waals surface area contributed by atoms with Crippen LogP contribution in [0.25, 0.3) is 5.69 Å². The number of pyridine rings is 1. The van der Waals surface area contributed by atoms with Crippen molar-refractivity contribution in [2.45, 2.75) is 26.9 Å². The number of hydrogen-bond acceptors (Lipinski definition) is 3. The first-order valence-corrected chi connectivity index (χ1v) is 8.63. The summed E-state index contributed by atoms with van der Waals surface area (Å²) in [6.07, 6.45) is -4.53. The number of nitrogens with zero attached hydrogens (tertiary/aromatic N) is 3. The Morgan fingerprint density at radius 2 is 1.79 bits per heavy atom. The molecule has 5 nitrogen and oxygen atoms in total. The number of aromatic nitrogens is 3. The molecule has 3 rings (SSSR count). The molecule has 28 heavy (non-hydrogen) atoms. The molecule has 2 heterocycles. The smallest absolute Gasteiger partial charge is 0.306 e. The van der Waals surface area contributed by atoms with Crippen molar-refractivity contribution in [3.05, 3.63) is 69.6 Å². The molecule has 0 saturated heterocycles. The molecule has 0 bridgehead atoms. The van der Waals surface area contributed by atoms with E-state index in [1.54, 1.807) is 32.0 Å². The Hall–Kier alpha value is -2.87. The van der Waals surface area contributed by atoms with Crippen molar-refractivity contribution in [1.82, 2.24) is 14.8 Å². The Balaban J connectivity index is 2.02. The number of nitrogens with one attached hydrogen (secondary N) is 1. The molecule has 0 fully saturated rings. The number of amides is 1. The molecule has 0 aliphatic carbocycles. The highest BCUT2D eigenvalue weighted by Gasteiger charge is 2.31. The highest BCUT2D eigenvalue weighted by atomic mass is 35.5. The number of benzene rings is 1. The van der Waals surface area contributed by atoms with Crippen LogP contribution in [0.15, 0.2) is 36.4 Å². The fourth-order valence-corrected chi connectivity index (χ4v) is 2.93. The van der Waals surface area contributed by atoms with E-state index in [4.69, 9.17) is 11.6 Å². The lowest BCUT2D eigenvalue weighted by Crippen LogP contribution is -2.17. The molecule has 0 saturated carbocycles. The molecule has 0 unspecified atom stereocenters. The summed E-state index contributed by atoms with van der Waals surface area (Å²) in [5.41, 5.74) is 1.31. The van der Waals surface area contributed by atoms with Crippen LogP contribution in [0, 0.1) is 20.8 Å². The van der Waals surface area contributed by atoms with Crippen LogP contribution in [0.4, 0.5) is 19.0 Å². The molecular formula is C19H16ClF3N4O. The first-order valence-electron chi connectivity index (χ1n) is 8.25. The number of rotatable bonds is 3. The van der Waals surface area contributed by atoms with Gasteiger partial charge in [-0.15, -0.1) is 0 Å². The van der Waals surface area contributed by atoms with Crippen LogP contribution >= 0.6 is 11.6 Å². The quantitative estimate of drug-likeness (QED) is 0.654. The summed E-state index contributed by atoms with van der Waals surface area (Å²) in [5.74, 6) is -0.252. The summed E-state index contributed by atoms with van der Waals surface area (Å²) in [5, 5.41) is 6.93. The zero-order chi connectivity index (χ0) is 20.6. The number of hydrogen-bond donors (Lipinski definition) is 1. The first kappa shape index (κ1) is 19.9. The maximum Gasteiger partial charge on any atom is 0.416 e. The minimum Gasteiger partial charge on any atom is -0.306 e. The molecular weight excluding hydrogens is 393 g/mol. The summed E-state index contributed by atoms with van der Waals surface area (Å²) in [4.78, 5) is 16.9. The largest absolute Gasteiger partial charge is 0.416 e. The second-order valence-electron chi connectivity index (χ2n) is 6.29. The van der Waals surface area contributed by atoms with E-state index in [1.807, 2.05) is 6.92 Å². The fraction of sp³-hybridized carbons (Fsp3) is 0.211. The van der Waals surface area contributed by atoms with E-state index in [2.05, 4.69) is 15.4 Å². The van der Waals surface area contributed by atoms with Gasteiger partial charge in [-0.05, 0) is 51.1 Å². The van der Waals surface area contributed by atoms with E-state index >= 15 is 0 Å². The third kappa shape index (κ3) is 4.01. The van der Waals surface area contributed by atoms with E-state index in [1.165, 1.54) is 4.68 Å². The highest BCUT2D eigenvalue weighted by Crippen LogP contribution is 2.34. The van der Waals surface area contributed by atoms with Crippen molar-refractivity contribution in [3.8, 4) is 5.69 Å². The van der Waals surface area contributed by atoms with Gasteiger partial charge >= 0.3 is 6.18 Å². The second-order valence-corrected chi connectivity index (χ2v) is 6.69. The average molecular weight is 409 g/mol. The zero-order valence-electron chi connectivity index (χ0n) is 15.2. The van der Waals surface area contributed by atoms with E-state index in [9.17, 15) is 18.0 Å². The van der Waals surface area contributed by atoms with Crippen LogP contribution in [0.2, 0.25) is 5.02 Å². The maximum absolute atomic E-state index is 13.1. The Kier molecular flexibility index (Phi) is 5.16. The van der Waals surface area contributed by atoms with Crippen LogP contribution in [0.3, 0.4) is 0 Å². The van der Waals surface area contributed by atoms with Gasteiger partial charge in [0.15, 0.2) is 0 Å². The molecule has 9 heteroatoms. The predicted octanol–water partition coefficient (Wildman–Crippen LogP) is 5.12. The van der Waals surface area contributed by atoms with Gasteiger partial charge in [0.25, 0.3) is 5.91 Å². The molecule has 0 radical (unpaired) electrons. The summed E-state index contributed by atoms with van der Waals surface area (Å²) in [7, 11) is 0. The predicted molar refractivity (Wildman–Crippen MR) is 100.0 cm³/mol. The number of anilines is 1. The Morgan fingerprint density at radius 1 is 1.07 bits per heavy atom. The number of carbonyl (C=O) groups excluding carboxylic acids is 1. The molecule has 3 aromatic rings. The van der Waals surface area contributed by atoms with Crippen molar-refractivity contribution in [2.75, 3.05) is 5.32 Å². The SMILES string of the molecule is Cc1ccc(C(=O)Nc2cc(C)nn2-c2cc(C(F)(F)F)ccc2Cl)c(C)n1. The van der Waals surface area contributed by atoms with Gasteiger partial charge in [-0.2, -0.15) is 18.3 Å². The van der Waals surface area contributed by atoms with Gasteiger partial charge in [-0.3, -0.25) is 9.78 Å². The monoisotopic (exact) mass is 408 g/mol. The van der Waals surface area contributed by atoms with Crippen LogP contribution in [0.5, 0.6) is 0 Å². The molecule has 1 amide bonds. The van der Waals surface area contributed by atoms with Crippen LogP contribution in [0.1, 0.15) is 33.0 Å². The number of halogens is 4. The Bertz CT molecular complexity index is 1060. The molecule has 0 aliphatic heterocycles. The lowest BCUT2D eigenvalue weighted by Gasteiger charge is -2.14. The number of alkyl halides is 3. The van der Waals surface area contributed by atoms with Gasteiger partial charge in [-0.25, -0.2) is 4.68 Å². The molecule has 0 aliphatic rings. The van der Waals surface area contributed by atoms with Crippen molar-refractivity contribution >= 4 is 23.3 Å². The fourth-order valence-electron chi connectivity index (χ4n) is 2.73. The van der Waals surface area contributed by atoms with Crippen LogP contribution in [-0.2, 0) is 6.18 Å². The maximum atomic E-state index is 13.1. The highest BCUT2D eigenvalue weighted by molar-refractivity contribution is 6.32. The summed E-state index contributed by atoms with van der Waals surface area (Å²) < 4.78 is 40.4. The van der Waals surface area contributed by atoms with Crippen molar-refractivity contribution in [3.63, 3.8) is 0 Å². The topological polar surface area (TPSA) is 59.8 Å². The zero-order valence-corrected chi connectivity index (χ0v) is 16.0. The standard InChI is InChI=1S/C19H16ClF3N4O/c1-10-4-6-14(12(3)24-10)18(28)25-17-8-11(2)26-27(17)16-9-13(19(21,22)23)5-7-15(16)20/h4-9H,1-3H3,(H,25,28). The molecule has 146 valence electrons. The lowest BCUT2D eigenvalue weighted by molar-refractivity contribution is -0.137. The number of aryl methyl sites for hydroxylation is 3. The summed E-state index contributed by atoms with van der Waals surface area (Å²) in [6.45, 7) is 5.17. The van der Waals surface area contributed by atoms with Gasteiger partial charge in [0.2, 0.25) is 0 Å². The molecule has 0 atom stereocenters. The van der Waals surface area contributed by atoms with Gasteiger partial charge < -0.3 is 5.32 Å². The van der Waals surface area contributed by atoms with Crippen molar-refractivity contribution in [1.29, 1.82) is 0 Å². The van der Waals surface area contributed by atoms with Crippen LogP contribution in [-0.4, -0.2) is 20.7 Å². The normalized spacial score (nSPS) is 11.5. The van der Waals surface area contributed by atoms with Gasteiger partial charge in [0.1, 0.15) is 5.82 Å².